The van der Waals surface area contributed by atoms with E-state index in [9.17, 15) is 0 Å². The van der Waals surface area contributed by atoms with Crippen LogP contribution in [0, 0.1) is 0 Å². The van der Waals surface area contributed by atoms with Crippen molar-refractivity contribution < 1.29 is 19.0 Å². The normalized spacial score (nSPS) is 24.5. The molecule has 0 radical (unpaired) electrons. The van der Waals surface area contributed by atoms with Crippen LogP contribution >= 0.6 is 0 Å². The number of rotatable bonds is 6. The standard InChI is InChI=1S/C21H31N3O4/c1-25-20-13-16-3-5-24-6-4-17(14-19(24)18(16)15-21(20)26-2)22-28-12-9-23-7-10-27-11-8-23/h13,15,19H,3-12,14H2,1-2H3/b22-17-. The smallest absolute Gasteiger partial charge is 0.161 e. The molecule has 4 rings (SSSR count). The van der Waals surface area contributed by atoms with Crippen molar-refractivity contribution in [3.8, 4) is 11.5 Å². The first-order chi connectivity index (χ1) is 13.8. The van der Waals surface area contributed by atoms with E-state index in [-0.39, 0.29) is 0 Å². The molecular formula is C21H31N3O4. The number of fused-ring (bicyclic) bond motifs is 3. The highest BCUT2D eigenvalue weighted by Crippen LogP contribution is 2.41. The molecule has 0 aromatic heterocycles. The second kappa shape index (κ2) is 9.11. The van der Waals surface area contributed by atoms with Crippen LogP contribution in [0.25, 0.3) is 0 Å². The van der Waals surface area contributed by atoms with Gasteiger partial charge in [-0.15, -0.1) is 0 Å². The number of morpholine rings is 1. The molecule has 0 spiro atoms. The van der Waals surface area contributed by atoms with Gasteiger partial charge in [0.2, 0.25) is 0 Å². The van der Waals surface area contributed by atoms with Gasteiger partial charge in [0, 0.05) is 51.6 Å². The van der Waals surface area contributed by atoms with Gasteiger partial charge >= 0.3 is 0 Å². The number of nitrogens with zero attached hydrogens (tertiary/aromatic N) is 3. The van der Waals surface area contributed by atoms with E-state index in [1.165, 1.54) is 11.1 Å². The maximum atomic E-state index is 5.67. The second-order valence-electron chi connectivity index (χ2n) is 7.61. The summed E-state index contributed by atoms with van der Waals surface area (Å²) in [4.78, 5) is 10.6. The van der Waals surface area contributed by atoms with E-state index in [1.807, 2.05) is 0 Å². The Morgan fingerprint density at radius 1 is 1.04 bits per heavy atom. The van der Waals surface area contributed by atoms with Crippen molar-refractivity contribution in [3.63, 3.8) is 0 Å². The number of methoxy groups -OCH3 is 2. The van der Waals surface area contributed by atoms with Crippen molar-refractivity contribution >= 4 is 5.71 Å². The average molecular weight is 389 g/mol. The lowest BCUT2D eigenvalue weighted by atomic mass is 9.86. The van der Waals surface area contributed by atoms with Gasteiger partial charge in [0.05, 0.1) is 33.1 Å². The summed E-state index contributed by atoms with van der Waals surface area (Å²) < 4.78 is 16.4. The van der Waals surface area contributed by atoms with Gasteiger partial charge in [-0.3, -0.25) is 9.80 Å². The van der Waals surface area contributed by atoms with Crippen molar-refractivity contribution in [2.75, 3.05) is 66.8 Å². The second-order valence-corrected chi connectivity index (χ2v) is 7.61. The first kappa shape index (κ1) is 19.5. The average Bonchev–Trinajstić information content (AvgIpc) is 2.76. The Morgan fingerprint density at radius 3 is 2.57 bits per heavy atom. The Hall–Kier alpha value is -1.83. The molecular weight excluding hydrogens is 358 g/mol. The van der Waals surface area contributed by atoms with E-state index in [2.05, 4.69) is 27.1 Å². The van der Waals surface area contributed by atoms with Crippen molar-refractivity contribution in [1.29, 1.82) is 0 Å². The molecule has 2 saturated heterocycles. The van der Waals surface area contributed by atoms with Crippen molar-refractivity contribution in [2.45, 2.75) is 25.3 Å². The summed E-state index contributed by atoms with van der Waals surface area (Å²) in [5.74, 6) is 1.61. The van der Waals surface area contributed by atoms with E-state index in [4.69, 9.17) is 19.0 Å². The van der Waals surface area contributed by atoms with E-state index in [0.29, 0.717) is 12.6 Å². The van der Waals surface area contributed by atoms with Crippen molar-refractivity contribution in [1.82, 2.24) is 9.80 Å². The molecule has 2 fully saturated rings. The Bertz CT molecular complexity index is 703. The molecule has 7 nitrogen and oxygen atoms in total. The Labute approximate surface area is 167 Å². The van der Waals surface area contributed by atoms with Gasteiger partial charge in [0.1, 0.15) is 6.61 Å². The topological polar surface area (TPSA) is 55.8 Å². The van der Waals surface area contributed by atoms with Crippen LogP contribution in [0.15, 0.2) is 17.3 Å². The number of hydrogen-bond donors (Lipinski definition) is 0. The van der Waals surface area contributed by atoms with Crippen LogP contribution in [0.3, 0.4) is 0 Å². The van der Waals surface area contributed by atoms with Gasteiger partial charge < -0.3 is 19.0 Å². The summed E-state index contributed by atoms with van der Waals surface area (Å²) in [7, 11) is 3.39. The maximum Gasteiger partial charge on any atom is 0.161 e. The number of benzene rings is 1. The lowest BCUT2D eigenvalue weighted by molar-refractivity contribution is 0.0208. The molecule has 154 valence electrons. The zero-order chi connectivity index (χ0) is 19.3. The van der Waals surface area contributed by atoms with E-state index >= 15 is 0 Å². The zero-order valence-electron chi connectivity index (χ0n) is 17.0. The molecule has 28 heavy (non-hydrogen) atoms. The summed E-state index contributed by atoms with van der Waals surface area (Å²) in [6.07, 6.45) is 2.95. The predicted molar refractivity (Wildman–Crippen MR) is 107 cm³/mol. The van der Waals surface area contributed by atoms with Gasteiger partial charge in [-0.2, -0.15) is 0 Å². The van der Waals surface area contributed by atoms with Crippen LogP contribution in [0.1, 0.15) is 30.0 Å². The van der Waals surface area contributed by atoms with Crippen molar-refractivity contribution in [2.24, 2.45) is 5.16 Å². The summed E-state index contributed by atoms with van der Waals surface area (Å²) in [6, 6.07) is 4.63. The van der Waals surface area contributed by atoms with E-state index in [1.54, 1.807) is 14.2 Å². The molecule has 1 unspecified atom stereocenters. The molecule has 7 heteroatoms. The van der Waals surface area contributed by atoms with Crippen LogP contribution in [0.2, 0.25) is 0 Å². The quantitative estimate of drug-likeness (QED) is 0.549. The predicted octanol–water partition coefficient (Wildman–Crippen LogP) is 2.10. The minimum absolute atomic E-state index is 0.346. The third kappa shape index (κ3) is 4.26. The SMILES string of the molecule is COc1cc2c(cc1OC)C1C/C(=N\OCCN3CCOCC3)CCN1CC2. The summed E-state index contributed by atoms with van der Waals surface area (Å²) in [5.41, 5.74) is 3.85. The van der Waals surface area contributed by atoms with Gasteiger partial charge in [-0.05, 0) is 29.7 Å². The Morgan fingerprint density at radius 2 is 1.79 bits per heavy atom. The highest BCUT2D eigenvalue weighted by atomic mass is 16.6. The summed E-state index contributed by atoms with van der Waals surface area (Å²) >= 11 is 0. The fraction of sp³-hybridized carbons (Fsp3) is 0.667. The first-order valence-electron chi connectivity index (χ1n) is 10.2. The highest BCUT2D eigenvalue weighted by molar-refractivity contribution is 5.85. The van der Waals surface area contributed by atoms with Gasteiger partial charge in [0.15, 0.2) is 11.5 Å². The van der Waals surface area contributed by atoms with Crippen LogP contribution in [-0.2, 0) is 16.0 Å². The largest absolute Gasteiger partial charge is 0.493 e. The lowest BCUT2D eigenvalue weighted by Crippen LogP contribution is -2.41. The number of piperidine rings is 1. The summed E-state index contributed by atoms with van der Waals surface area (Å²) in [5, 5.41) is 4.48. The van der Waals surface area contributed by atoms with Crippen molar-refractivity contribution in [3.05, 3.63) is 23.3 Å². The van der Waals surface area contributed by atoms with Crippen LogP contribution < -0.4 is 9.47 Å². The van der Waals surface area contributed by atoms with E-state index in [0.717, 1.165) is 82.4 Å². The van der Waals surface area contributed by atoms with Crippen LogP contribution in [0.5, 0.6) is 11.5 Å². The third-order valence-corrected chi connectivity index (χ3v) is 6.03. The molecule has 0 amide bonds. The number of oxime groups is 1. The van der Waals surface area contributed by atoms with Gasteiger partial charge in [-0.25, -0.2) is 0 Å². The minimum atomic E-state index is 0.346. The van der Waals surface area contributed by atoms with Crippen LogP contribution in [0.4, 0.5) is 0 Å². The first-order valence-corrected chi connectivity index (χ1v) is 10.2. The molecule has 3 aliphatic heterocycles. The molecule has 1 atom stereocenters. The summed E-state index contributed by atoms with van der Waals surface area (Å²) in [6.45, 7) is 7.27. The molecule has 1 aromatic carbocycles. The molecule has 3 heterocycles. The molecule has 0 saturated carbocycles. The molecule has 3 aliphatic rings. The monoisotopic (exact) mass is 389 g/mol. The Balaban J connectivity index is 1.39. The molecule has 0 bridgehead atoms. The van der Waals surface area contributed by atoms with E-state index < -0.39 is 0 Å². The molecule has 0 N–H and O–H groups in total. The fourth-order valence-corrected chi connectivity index (χ4v) is 4.40. The zero-order valence-corrected chi connectivity index (χ0v) is 17.0. The molecule has 0 aliphatic carbocycles. The third-order valence-electron chi connectivity index (χ3n) is 6.03. The number of hydrogen-bond acceptors (Lipinski definition) is 7. The highest BCUT2D eigenvalue weighted by Gasteiger charge is 2.33. The maximum absolute atomic E-state index is 5.67. The minimum Gasteiger partial charge on any atom is -0.493 e. The molecule has 1 aromatic rings. The fourth-order valence-electron chi connectivity index (χ4n) is 4.40. The van der Waals surface area contributed by atoms with Gasteiger partial charge in [-0.1, -0.05) is 5.16 Å². The van der Waals surface area contributed by atoms with Gasteiger partial charge in [0.25, 0.3) is 0 Å². The lowest BCUT2D eigenvalue weighted by Gasteiger charge is -2.41. The Kier molecular flexibility index (Phi) is 6.34. The van der Waals surface area contributed by atoms with Crippen LogP contribution in [-0.4, -0.2) is 82.3 Å². The number of ether oxygens (including phenoxy) is 3.